The summed E-state index contributed by atoms with van der Waals surface area (Å²) >= 11 is 0. The number of carbonyl (C=O) groups is 2. The van der Waals surface area contributed by atoms with Gasteiger partial charge in [0.15, 0.2) is 5.78 Å². The van der Waals surface area contributed by atoms with Gasteiger partial charge in [-0.25, -0.2) is 0 Å². The zero-order valence-corrected chi connectivity index (χ0v) is 21.1. The number of aryl methyl sites for hydroxylation is 1. The van der Waals surface area contributed by atoms with Crippen LogP contribution >= 0.6 is 0 Å². The molecule has 1 fully saturated rings. The van der Waals surface area contributed by atoms with Crippen molar-refractivity contribution >= 4 is 11.7 Å². The molecule has 0 spiro atoms. The number of amides is 1. The summed E-state index contributed by atoms with van der Waals surface area (Å²) in [7, 11) is 3.22. The molecule has 190 valence electrons. The molecule has 0 unspecified atom stereocenters. The first-order chi connectivity index (χ1) is 16.9. The van der Waals surface area contributed by atoms with Crippen LogP contribution in [-0.2, 0) is 4.79 Å². The van der Waals surface area contributed by atoms with Crippen molar-refractivity contribution in [3.8, 4) is 11.5 Å². The predicted octanol–water partition coefficient (Wildman–Crippen LogP) is 4.07. The highest BCUT2D eigenvalue weighted by Gasteiger charge is 2.27. The fourth-order valence-corrected chi connectivity index (χ4v) is 4.56. The third-order valence-electron chi connectivity index (χ3n) is 6.61. The predicted molar refractivity (Wildman–Crippen MR) is 136 cm³/mol. The summed E-state index contributed by atoms with van der Waals surface area (Å²) < 4.78 is 10.5. The number of rotatable bonds is 13. The monoisotopic (exact) mass is 482 g/mol. The van der Waals surface area contributed by atoms with E-state index in [1.165, 1.54) is 0 Å². The van der Waals surface area contributed by atoms with Crippen LogP contribution in [0.15, 0.2) is 42.5 Å². The number of nitrogens with one attached hydrogen (secondary N) is 1. The molecule has 1 amide bonds. The van der Waals surface area contributed by atoms with E-state index in [0.717, 1.165) is 42.8 Å². The van der Waals surface area contributed by atoms with Gasteiger partial charge >= 0.3 is 0 Å². The van der Waals surface area contributed by atoms with Crippen molar-refractivity contribution in [2.24, 2.45) is 0 Å². The number of benzene rings is 2. The topological polar surface area (TPSA) is 88.1 Å². The lowest BCUT2D eigenvalue weighted by Crippen LogP contribution is -2.46. The second kappa shape index (κ2) is 13.3. The Kier molecular flexibility index (Phi) is 10.1. The van der Waals surface area contributed by atoms with E-state index in [-0.39, 0.29) is 11.7 Å². The second-order valence-corrected chi connectivity index (χ2v) is 9.21. The van der Waals surface area contributed by atoms with Crippen molar-refractivity contribution in [1.29, 1.82) is 0 Å². The number of Topliss-reactive ketones (excluding diaryl/α,β-unsaturated/α-hetero) is 1. The van der Waals surface area contributed by atoms with Gasteiger partial charge in [-0.05, 0) is 93.2 Å². The molecule has 7 heteroatoms. The number of hydrogen-bond donors (Lipinski definition) is 2. The average Bonchev–Trinajstić information content (AvgIpc) is 3.39. The lowest BCUT2D eigenvalue weighted by molar-refractivity contribution is -0.123. The van der Waals surface area contributed by atoms with Crippen molar-refractivity contribution in [3.63, 3.8) is 0 Å². The van der Waals surface area contributed by atoms with Crippen molar-refractivity contribution in [1.82, 2.24) is 10.2 Å². The fourth-order valence-electron chi connectivity index (χ4n) is 4.56. The van der Waals surface area contributed by atoms with Crippen molar-refractivity contribution in [2.45, 2.75) is 57.6 Å². The normalized spacial score (nSPS) is 15.4. The number of hydrogen-bond acceptors (Lipinski definition) is 6. The molecular formula is C28H38N2O5. The zero-order valence-electron chi connectivity index (χ0n) is 21.1. The molecule has 7 nitrogen and oxygen atoms in total. The Labute approximate surface area is 208 Å². The highest BCUT2D eigenvalue weighted by molar-refractivity contribution is 5.96. The van der Waals surface area contributed by atoms with Crippen LogP contribution in [0.2, 0.25) is 0 Å². The molecule has 0 aromatic heterocycles. The maximum absolute atomic E-state index is 12.8. The van der Waals surface area contributed by atoms with Gasteiger partial charge in [0.2, 0.25) is 5.91 Å². The first-order valence-corrected chi connectivity index (χ1v) is 12.4. The maximum atomic E-state index is 12.8. The van der Waals surface area contributed by atoms with Crippen LogP contribution in [0, 0.1) is 6.92 Å². The third-order valence-corrected chi connectivity index (χ3v) is 6.61. The number of likely N-dealkylation sites (tertiary alicyclic amines) is 1. The molecule has 2 aromatic rings. The van der Waals surface area contributed by atoms with E-state index in [2.05, 4.69) is 10.2 Å². The van der Waals surface area contributed by atoms with Gasteiger partial charge in [0.1, 0.15) is 17.6 Å². The van der Waals surface area contributed by atoms with E-state index in [0.29, 0.717) is 43.5 Å². The van der Waals surface area contributed by atoms with Crippen LogP contribution in [0.1, 0.15) is 66.1 Å². The highest BCUT2D eigenvalue weighted by atomic mass is 16.5. The highest BCUT2D eigenvalue weighted by Crippen LogP contribution is 2.25. The molecule has 1 aliphatic heterocycles. The Morgan fingerprint density at radius 3 is 2.31 bits per heavy atom. The van der Waals surface area contributed by atoms with Crippen LogP contribution in [0.25, 0.3) is 0 Å². The van der Waals surface area contributed by atoms with Crippen LogP contribution < -0.4 is 14.8 Å². The van der Waals surface area contributed by atoms with Gasteiger partial charge < -0.3 is 24.8 Å². The van der Waals surface area contributed by atoms with Crippen molar-refractivity contribution in [2.75, 3.05) is 33.9 Å². The summed E-state index contributed by atoms with van der Waals surface area (Å²) in [6.07, 6.45) is 3.42. The van der Waals surface area contributed by atoms with Gasteiger partial charge in [0.25, 0.3) is 0 Å². The third kappa shape index (κ3) is 7.80. The number of aliphatic hydroxyl groups excluding tert-OH is 1. The van der Waals surface area contributed by atoms with E-state index in [4.69, 9.17) is 9.47 Å². The molecule has 1 saturated heterocycles. The molecule has 2 N–H and O–H groups in total. The van der Waals surface area contributed by atoms with Gasteiger partial charge in [-0.2, -0.15) is 0 Å². The average molecular weight is 483 g/mol. The molecule has 0 aliphatic carbocycles. The standard InChI is InChI=1S/C28H38N2O5/c1-20-18-22(12-15-26(20)35-3)28(33)24(19-30-16-6-7-17-30)29-27(32)9-5-4-8-25(31)21-10-13-23(34-2)14-11-21/h10-15,18,24,28,33H,4-9,16-17,19H2,1-3H3,(H,29,32)/t24-,28+/m1/s1. The number of methoxy groups -OCH3 is 2. The van der Waals surface area contributed by atoms with Crippen LogP contribution in [0.3, 0.4) is 0 Å². The second-order valence-electron chi connectivity index (χ2n) is 9.21. The lowest BCUT2D eigenvalue weighted by atomic mass is 9.99. The molecule has 2 aromatic carbocycles. The van der Waals surface area contributed by atoms with E-state index >= 15 is 0 Å². The van der Waals surface area contributed by atoms with E-state index in [1.807, 2.05) is 25.1 Å². The van der Waals surface area contributed by atoms with Gasteiger partial charge in [0.05, 0.1) is 20.3 Å². The van der Waals surface area contributed by atoms with Gasteiger partial charge in [-0.1, -0.05) is 6.07 Å². The summed E-state index contributed by atoms with van der Waals surface area (Å²) in [6.45, 7) is 4.51. The van der Waals surface area contributed by atoms with Gasteiger partial charge in [-0.15, -0.1) is 0 Å². The molecule has 1 aliphatic rings. The van der Waals surface area contributed by atoms with Crippen LogP contribution in [-0.4, -0.2) is 61.6 Å². The Morgan fingerprint density at radius 2 is 1.69 bits per heavy atom. The van der Waals surface area contributed by atoms with E-state index < -0.39 is 12.1 Å². The largest absolute Gasteiger partial charge is 0.497 e. The minimum absolute atomic E-state index is 0.0604. The first-order valence-electron chi connectivity index (χ1n) is 12.4. The number of aliphatic hydroxyl groups is 1. The quantitative estimate of drug-likeness (QED) is 0.331. The number of nitrogens with zero attached hydrogens (tertiary/aromatic N) is 1. The molecule has 1 heterocycles. The molecule has 0 saturated carbocycles. The minimum atomic E-state index is -0.819. The summed E-state index contributed by atoms with van der Waals surface area (Å²) in [4.78, 5) is 27.4. The minimum Gasteiger partial charge on any atom is -0.497 e. The number of ketones is 1. The summed E-state index contributed by atoms with van der Waals surface area (Å²) in [6, 6.07) is 12.3. The van der Waals surface area contributed by atoms with Crippen molar-refractivity contribution in [3.05, 3.63) is 59.2 Å². The summed E-state index contributed by atoms with van der Waals surface area (Å²) in [5, 5.41) is 14.2. The Hall–Kier alpha value is -2.90. The lowest BCUT2D eigenvalue weighted by Gasteiger charge is -2.29. The first kappa shape index (κ1) is 26.7. The number of ether oxygens (including phenoxy) is 2. The van der Waals surface area contributed by atoms with Crippen LogP contribution in [0.5, 0.6) is 11.5 Å². The molecule has 35 heavy (non-hydrogen) atoms. The van der Waals surface area contributed by atoms with Gasteiger partial charge in [-0.3, -0.25) is 9.59 Å². The molecule has 0 bridgehead atoms. The fraction of sp³-hybridized carbons (Fsp3) is 0.500. The number of carbonyl (C=O) groups excluding carboxylic acids is 2. The Morgan fingerprint density at radius 1 is 1.00 bits per heavy atom. The number of unbranched alkanes of at least 4 members (excludes halogenated alkanes) is 1. The zero-order chi connectivity index (χ0) is 25.2. The maximum Gasteiger partial charge on any atom is 0.220 e. The Bertz CT molecular complexity index is 970. The van der Waals surface area contributed by atoms with E-state index in [9.17, 15) is 14.7 Å². The molecule has 3 rings (SSSR count). The molecule has 2 atom stereocenters. The molecular weight excluding hydrogens is 444 g/mol. The smallest absolute Gasteiger partial charge is 0.220 e. The summed E-state index contributed by atoms with van der Waals surface area (Å²) in [5.74, 6) is 1.44. The SMILES string of the molecule is COc1ccc(C(=O)CCCCC(=O)N[C@H](CN2CCCC2)[C@@H](O)c2ccc(OC)c(C)c2)cc1. The molecule has 0 radical (unpaired) electrons. The summed E-state index contributed by atoms with van der Waals surface area (Å²) in [5.41, 5.74) is 2.36. The van der Waals surface area contributed by atoms with Crippen LogP contribution in [0.4, 0.5) is 0 Å². The van der Waals surface area contributed by atoms with E-state index in [1.54, 1.807) is 38.5 Å². The Balaban J connectivity index is 1.52. The van der Waals surface area contributed by atoms with Gasteiger partial charge in [0, 0.05) is 24.9 Å². The van der Waals surface area contributed by atoms with Crippen molar-refractivity contribution < 1.29 is 24.2 Å².